The highest BCUT2D eigenvalue weighted by molar-refractivity contribution is 5.92. The van der Waals surface area contributed by atoms with Crippen molar-refractivity contribution in [2.75, 3.05) is 11.9 Å². The van der Waals surface area contributed by atoms with Gasteiger partial charge in [-0.1, -0.05) is 6.92 Å². The lowest BCUT2D eigenvalue weighted by molar-refractivity contribution is -0.121. The van der Waals surface area contributed by atoms with Crippen LogP contribution in [0.3, 0.4) is 0 Å². The fourth-order valence-corrected chi connectivity index (χ4v) is 1.90. The number of ether oxygens (including phenoxy) is 1. The fourth-order valence-electron chi connectivity index (χ4n) is 1.90. The van der Waals surface area contributed by atoms with Gasteiger partial charge in [0, 0.05) is 12.8 Å². The van der Waals surface area contributed by atoms with E-state index >= 15 is 0 Å². The van der Waals surface area contributed by atoms with Gasteiger partial charge in [0.1, 0.15) is 0 Å². The number of anilines is 1. The molecule has 1 amide bonds. The minimum atomic E-state index is -0.0232. The number of amides is 1. The highest BCUT2D eigenvalue weighted by Crippen LogP contribution is 2.24. The van der Waals surface area contributed by atoms with Crippen LogP contribution in [0.5, 0.6) is 0 Å². The van der Waals surface area contributed by atoms with Crippen LogP contribution in [-0.4, -0.2) is 28.8 Å². The molecule has 0 aliphatic carbocycles. The van der Waals surface area contributed by atoms with Gasteiger partial charge in [-0.3, -0.25) is 9.89 Å². The van der Waals surface area contributed by atoms with Crippen molar-refractivity contribution in [1.82, 2.24) is 10.2 Å². The Balaban J connectivity index is 1.96. The Morgan fingerprint density at radius 1 is 1.80 bits per heavy atom. The second kappa shape index (κ2) is 4.44. The van der Waals surface area contributed by atoms with Crippen LogP contribution >= 0.6 is 0 Å². The molecule has 2 N–H and O–H groups in total. The molecule has 1 aromatic rings. The van der Waals surface area contributed by atoms with E-state index in [-0.39, 0.29) is 17.9 Å². The molecule has 5 nitrogen and oxygen atoms in total. The van der Waals surface area contributed by atoms with Crippen molar-refractivity contribution in [2.45, 2.75) is 25.9 Å². The third kappa shape index (κ3) is 2.18. The monoisotopic (exact) mass is 209 g/mol. The first-order chi connectivity index (χ1) is 7.31. The van der Waals surface area contributed by atoms with Crippen LogP contribution < -0.4 is 5.32 Å². The molecule has 2 rings (SSSR count). The Kier molecular flexibility index (Phi) is 3.01. The van der Waals surface area contributed by atoms with E-state index in [0.29, 0.717) is 12.3 Å². The lowest BCUT2D eigenvalue weighted by Gasteiger charge is -2.15. The maximum atomic E-state index is 11.8. The van der Waals surface area contributed by atoms with Crippen molar-refractivity contribution >= 4 is 11.6 Å². The normalized spacial score (nSPS) is 25.4. The van der Waals surface area contributed by atoms with E-state index in [1.807, 2.05) is 6.92 Å². The molecule has 1 fully saturated rings. The first-order valence-corrected chi connectivity index (χ1v) is 5.22. The lowest BCUT2D eigenvalue weighted by Crippen LogP contribution is -2.29. The number of H-pyrrole nitrogens is 1. The number of hydrogen-bond acceptors (Lipinski definition) is 3. The summed E-state index contributed by atoms with van der Waals surface area (Å²) in [6.45, 7) is 2.72. The van der Waals surface area contributed by atoms with Crippen LogP contribution in [0.25, 0.3) is 0 Å². The lowest BCUT2D eigenvalue weighted by atomic mass is 9.99. The van der Waals surface area contributed by atoms with Crippen molar-refractivity contribution in [1.29, 1.82) is 0 Å². The van der Waals surface area contributed by atoms with E-state index in [2.05, 4.69) is 15.5 Å². The molecule has 1 aromatic heterocycles. The number of nitrogens with zero attached hydrogens (tertiary/aromatic N) is 1. The minimum absolute atomic E-state index is 0.0232. The zero-order valence-corrected chi connectivity index (χ0v) is 8.69. The molecule has 5 heteroatoms. The van der Waals surface area contributed by atoms with Gasteiger partial charge in [-0.2, -0.15) is 5.10 Å². The Morgan fingerprint density at radius 2 is 2.67 bits per heavy atom. The van der Waals surface area contributed by atoms with Gasteiger partial charge in [0.05, 0.1) is 23.9 Å². The second-order valence-electron chi connectivity index (χ2n) is 3.69. The smallest absolute Gasteiger partial charge is 0.230 e. The molecule has 1 saturated heterocycles. The summed E-state index contributed by atoms with van der Waals surface area (Å²) >= 11 is 0. The summed E-state index contributed by atoms with van der Waals surface area (Å²) in [4.78, 5) is 11.8. The van der Waals surface area contributed by atoms with Crippen molar-refractivity contribution in [2.24, 2.45) is 5.92 Å². The highest BCUT2D eigenvalue weighted by atomic mass is 16.5. The Bertz CT molecular complexity index is 323. The number of rotatable bonds is 3. The van der Waals surface area contributed by atoms with Crippen LogP contribution in [0.15, 0.2) is 12.4 Å². The van der Waals surface area contributed by atoms with Gasteiger partial charge in [0.2, 0.25) is 5.91 Å². The van der Waals surface area contributed by atoms with Crippen molar-refractivity contribution in [3.8, 4) is 0 Å². The number of aromatic nitrogens is 2. The number of aromatic amines is 1. The molecular formula is C10H15N3O2. The molecule has 82 valence electrons. The van der Waals surface area contributed by atoms with Crippen molar-refractivity contribution < 1.29 is 9.53 Å². The highest BCUT2D eigenvalue weighted by Gasteiger charge is 2.32. The molecule has 0 radical (unpaired) electrons. The van der Waals surface area contributed by atoms with Gasteiger partial charge < -0.3 is 10.1 Å². The predicted octanol–water partition coefficient (Wildman–Crippen LogP) is 1.16. The molecule has 15 heavy (non-hydrogen) atoms. The number of hydrogen-bond donors (Lipinski definition) is 2. The summed E-state index contributed by atoms with van der Waals surface area (Å²) in [5, 5.41) is 9.24. The van der Waals surface area contributed by atoms with Crippen LogP contribution in [0, 0.1) is 5.92 Å². The van der Waals surface area contributed by atoms with Gasteiger partial charge in [0.15, 0.2) is 0 Å². The Morgan fingerprint density at radius 3 is 3.33 bits per heavy atom. The Labute approximate surface area is 88.2 Å². The van der Waals surface area contributed by atoms with E-state index in [4.69, 9.17) is 4.74 Å². The summed E-state index contributed by atoms with van der Waals surface area (Å²) in [5.74, 6) is 0.00523. The van der Waals surface area contributed by atoms with Crippen LogP contribution in [-0.2, 0) is 9.53 Å². The molecule has 1 aliphatic heterocycles. The number of carbonyl (C=O) groups excluding carboxylic acids is 1. The van der Waals surface area contributed by atoms with Crippen LogP contribution in [0.2, 0.25) is 0 Å². The average Bonchev–Trinajstić information content (AvgIpc) is 2.86. The number of carbonyl (C=O) groups is 1. The largest absolute Gasteiger partial charge is 0.377 e. The standard InChI is InChI=1S/C10H15N3O2/c1-2-9-8(3-4-15-9)10(14)13-7-5-11-12-6-7/h5-6,8-9H,2-4H2,1H3,(H,11,12)(H,13,14). The quantitative estimate of drug-likeness (QED) is 0.785. The topological polar surface area (TPSA) is 67.0 Å². The van der Waals surface area contributed by atoms with Crippen molar-refractivity contribution in [3.63, 3.8) is 0 Å². The molecule has 2 heterocycles. The molecule has 1 aliphatic rings. The predicted molar refractivity (Wildman–Crippen MR) is 55.4 cm³/mol. The first kappa shape index (κ1) is 10.2. The molecule has 2 unspecified atom stereocenters. The first-order valence-electron chi connectivity index (χ1n) is 5.22. The zero-order chi connectivity index (χ0) is 10.7. The van der Waals surface area contributed by atoms with Gasteiger partial charge in [-0.15, -0.1) is 0 Å². The second-order valence-corrected chi connectivity index (χ2v) is 3.69. The molecule has 0 saturated carbocycles. The van der Waals surface area contributed by atoms with Gasteiger partial charge in [0.25, 0.3) is 0 Å². The van der Waals surface area contributed by atoms with Crippen molar-refractivity contribution in [3.05, 3.63) is 12.4 Å². The average molecular weight is 209 g/mol. The van der Waals surface area contributed by atoms with E-state index in [1.54, 1.807) is 12.4 Å². The summed E-state index contributed by atoms with van der Waals surface area (Å²) < 4.78 is 5.47. The summed E-state index contributed by atoms with van der Waals surface area (Å²) in [5.41, 5.74) is 0.710. The van der Waals surface area contributed by atoms with E-state index in [0.717, 1.165) is 12.8 Å². The van der Waals surface area contributed by atoms with Gasteiger partial charge in [-0.25, -0.2) is 0 Å². The molecule has 2 atom stereocenters. The molecule has 0 spiro atoms. The van der Waals surface area contributed by atoms with Crippen LogP contribution in [0.4, 0.5) is 5.69 Å². The van der Waals surface area contributed by atoms with E-state index < -0.39 is 0 Å². The molecule has 0 bridgehead atoms. The SMILES string of the molecule is CCC1OCCC1C(=O)Nc1cn[nH]c1. The van der Waals surface area contributed by atoms with Crippen LogP contribution in [0.1, 0.15) is 19.8 Å². The maximum Gasteiger partial charge on any atom is 0.230 e. The summed E-state index contributed by atoms with van der Waals surface area (Å²) in [6, 6.07) is 0. The minimum Gasteiger partial charge on any atom is -0.377 e. The summed E-state index contributed by atoms with van der Waals surface area (Å²) in [7, 11) is 0. The van der Waals surface area contributed by atoms with Gasteiger partial charge >= 0.3 is 0 Å². The fraction of sp³-hybridized carbons (Fsp3) is 0.600. The molecule has 0 aromatic carbocycles. The summed E-state index contributed by atoms with van der Waals surface area (Å²) in [6.07, 6.45) is 5.01. The zero-order valence-electron chi connectivity index (χ0n) is 8.69. The Hall–Kier alpha value is -1.36. The third-order valence-electron chi connectivity index (χ3n) is 2.71. The van der Waals surface area contributed by atoms with Gasteiger partial charge in [-0.05, 0) is 12.8 Å². The molecular weight excluding hydrogens is 194 g/mol. The third-order valence-corrected chi connectivity index (χ3v) is 2.71. The van der Waals surface area contributed by atoms with E-state index in [1.165, 1.54) is 0 Å². The number of nitrogens with one attached hydrogen (secondary N) is 2. The maximum absolute atomic E-state index is 11.8. The van der Waals surface area contributed by atoms with E-state index in [9.17, 15) is 4.79 Å².